The third-order valence-corrected chi connectivity index (χ3v) is 5.87. The Morgan fingerprint density at radius 3 is 1.53 bits per heavy atom. The van der Waals surface area contributed by atoms with Gasteiger partial charge < -0.3 is 0 Å². The second-order valence-corrected chi connectivity index (χ2v) is 8.63. The Morgan fingerprint density at radius 1 is 0.529 bits per heavy atom. The van der Waals surface area contributed by atoms with Crippen molar-refractivity contribution >= 4 is 0 Å². The topological polar surface area (TPSA) is 0 Å². The van der Waals surface area contributed by atoms with Crippen LogP contribution in [0.2, 0.25) is 0 Å². The van der Waals surface area contributed by atoms with Crippen LogP contribution in [-0.4, -0.2) is 0 Å². The molecule has 1 aliphatic rings. The van der Waals surface area contributed by atoms with Gasteiger partial charge >= 0.3 is 0 Å². The summed E-state index contributed by atoms with van der Waals surface area (Å²) < 4.78 is 0. The van der Waals surface area contributed by atoms with Gasteiger partial charge in [0.05, 0.1) is 0 Å². The highest BCUT2D eigenvalue weighted by molar-refractivity contribution is 5.72. The van der Waals surface area contributed by atoms with E-state index in [-0.39, 0.29) is 0 Å². The van der Waals surface area contributed by atoms with Crippen molar-refractivity contribution in [3.05, 3.63) is 117 Å². The summed E-state index contributed by atoms with van der Waals surface area (Å²) >= 11 is 0. The van der Waals surface area contributed by atoms with Crippen molar-refractivity contribution in [1.29, 1.82) is 0 Å². The number of aryl methyl sites for hydroxylation is 3. The highest BCUT2D eigenvalue weighted by Crippen LogP contribution is 2.28. The van der Waals surface area contributed by atoms with Gasteiger partial charge in [-0.3, -0.25) is 0 Å². The van der Waals surface area contributed by atoms with Crippen LogP contribution in [0.1, 0.15) is 67.0 Å². The molecule has 3 aromatic carbocycles. The zero-order chi connectivity index (χ0) is 24.5. The van der Waals surface area contributed by atoms with Crippen LogP contribution in [0.15, 0.2) is 84.0 Å². The quantitative estimate of drug-likeness (QED) is 0.331. The van der Waals surface area contributed by atoms with Crippen LogP contribution in [-0.2, 0) is 0 Å². The zero-order valence-corrected chi connectivity index (χ0v) is 21.3. The first kappa shape index (κ1) is 24.9. The van der Waals surface area contributed by atoms with Gasteiger partial charge in [-0.25, -0.2) is 0 Å². The van der Waals surface area contributed by atoms with Gasteiger partial charge in [0.1, 0.15) is 0 Å². The lowest BCUT2D eigenvalue weighted by Gasteiger charge is -2.10. The minimum Gasteiger partial charge on any atom is -0.0729 e. The fourth-order valence-electron chi connectivity index (χ4n) is 3.87. The number of hydrogen-bond donors (Lipinski definition) is 0. The van der Waals surface area contributed by atoms with Gasteiger partial charge in [-0.05, 0) is 99.2 Å². The summed E-state index contributed by atoms with van der Waals surface area (Å²) in [5.74, 6) is 13.2. The normalized spacial score (nSPS) is 12.1. The fraction of sp³-hybridized carbons (Fsp3) is 0.235. The van der Waals surface area contributed by atoms with Crippen LogP contribution in [0.3, 0.4) is 0 Å². The van der Waals surface area contributed by atoms with E-state index in [0.717, 1.165) is 29.5 Å². The molecule has 0 aromatic heterocycles. The molecule has 34 heavy (non-hydrogen) atoms. The van der Waals surface area contributed by atoms with Crippen LogP contribution in [0.4, 0.5) is 0 Å². The van der Waals surface area contributed by atoms with Crippen molar-refractivity contribution in [1.82, 2.24) is 0 Å². The molecule has 4 rings (SSSR count). The third-order valence-electron chi connectivity index (χ3n) is 5.87. The highest BCUT2D eigenvalue weighted by Gasteiger charge is 2.07. The van der Waals surface area contributed by atoms with Crippen molar-refractivity contribution in [2.45, 2.75) is 54.4 Å². The molecule has 0 heteroatoms. The smallest absolute Gasteiger partial charge is 0.0252 e. The zero-order valence-electron chi connectivity index (χ0n) is 21.3. The number of allylic oxidation sites excluding steroid dienone is 4. The van der Waals surface area contributed by atoms with Crippen molar-refractivity contribution in [3.8, 4) is 34.8 Å². The average molecular weight is 443 g/mol. The number of hydrogen-bond acceptors (Lipinski definition) is 0. The molecule has 0 saturated heterocycles. The number of benzene rings is 3. The molecule has 0 saturated carbocycles. The van der Waals surface area contributed by atoms with Crippen LogP contribution in [0.25, 0.3) is 11.1 Å². The highest BCUT2D eigenvalue weighted by atomic mass is 14.1. The van der Waals surface area contributed by atoms with Crippen LogP contribution >= 0.6 is 0 Å². The molecule has 0 heterocycles. The fourth-order valence-corrected chi connectivity index (χ4v) is 3.87. The largest absolute Gasteiger partial charge is 0.0729 e. The van der Waals surface area contributed by atoms with Gasteiger partial charge in [0.15, 0.2) is 0 Å². The molecular formula is C34H34. The van der Waals surface area contributed by atoms with E-state index in [2.05, 4.69) is 124 Å². The number of rotatable bonds is 1. The Hall–Kier alpha value is -3.74. The van der Waals surface area contributed by atoms with E-state index in [4.69, 9.17) is 0 Å². The summed E-state index contributed by atoms with van der Waals surface area (Å²) in [6.45, 7) is 12.6. The van der Waals surface area contributed by atoms with E-state index in [0.29, 0.717) is 0 Å². The lowest BCUT2D eigenvalue weighted by atomic mass is 9.94. The molecule has 0 aliphatic heterocycles. The van der Waals surface area contributed by atoms with Gasteiger partial charge in [0.25, 0.3) is 0 Å². The Labute approximate surface area is 206 Å². The molecule has 0 amide bonds. The van der Waals surface area contributed by atoms with E-state index >= 15 is 0 Å². The van der Waals surface area contributed by atoms with E-state index in [1.807, 2.05) is 13.8 Å². The molecule has 0 bridgehead atoms. The van der Waals surface area contributed by atoms with E-state index in [9.17, 15) is 0 Å². The molecule has 1 aliphatic carbocycles. The standard InChI is InChI=1S/C32H28.C2H6/c1-23-5-9-27(10-6-23)13-15-29-17-19-31(25(3)21-29)32-20-18-30(22-26(32)4)16-14-28-11-7-24(2)8-12-28;1-2/h5-7,9-11,17-22H,8,12H2,1-4H3;1-2H3. The van der Waals surface area contributed by atoms with Crippen LogP contribution in [0.5, 0.6) is 0 Å². The predicted octanol–water partition coefficient (Wildman–Crippen LogP) is 8.72. The van der Waals surface area contributed by atoms with Gasteiger partial charge in [-0.1, -0.05) is 85.1 Å². The van der Waals surface area contributed by atoms with Gasteiger partial charge in [-0.2, -0.15) is 0 Å². The van der Waals surface area contributed by atoms with Crippen LogP contribution in [0, 0.1) is 44.5 Å². The van der Waals surface area contributed by atoms with E-state index < -0.39 is 0 Å². The Kier molecular flexibility index (Phi) is 8.73. The molecule has 3 aromatic rings. The molecule has 0 nitrogen and oxygen atoms in total. The van der Waals surface area contributed by atoms with Crippen molar-refractivity contribution in [3.63, 3.8) is 0 Å². The summed E-state index contributed by atoms with van der Waals surface area (Å²) in [6.07, 6.45) is 6.49. The first-order valence-electron chi connectivity index (χ1n) is 12.2. The Balaban J connectivity index is 0.00000158. The Bertz CT molecular complexity index is 1340. The first-order chi connectivity index (χ1) is 16.5. The van der Waals surface area contributed by atoms with Gasteiger partial charge in [-0.15, -0.1) is 0 Å². The Morgan fingerprint density at radius 2 is 1.03 bits per heavy atom. The van der Waals surface area contributed by atoms with E-state index in [1.165, 1.54) is 39.0 Å². The van der Waals surface area contributed by atoms with Crippen molar-refractivity contribution in [2.75, 3.05) is 0 Å². The molecule has 0 spiro atoms. The summed E-state index contributed by atoms with van der Waals surface area (Å²) in [4.78, 5) is 0. The molecule has 0 radical (unpaired) electrons. The second kappa shape index (κ2) is 11.9. The minimum atomic E-state index is 1.04. The van der Waals surface area contributed by atoms with Crippen molar-refractivity contribution in [2.24, 2.45) is 0 Å². The third kappa shape index (κ3) is 6.63. The molecule has 0 N–H and O–H groups in total. The van der Waals surface area contributed by atoms with E-state index in [1.54, 1.807) is 0 Å². The maximum absolute atomic E-state index is 3.35. The average Bonchev–Trinajstić information content (AvgIpc) is 2.85. The monoisotopic (exact) mass is 442 g/mol. The minimum absolute atomic E-state index is 1.04. The van der Waals surface area contributed by atoms with Crippen molar-refractivity contribution < 1.29 is 0 Å². The molecule has 0 fully saturated rings. The maximum Gasteiger partial charge on any atom is 0.0252 e. The second-order valence-electron chi connectivity index (χ2n) is 8.63. The first-order valence-corrected chi connectivity index (χ1v) is 12.2. The molecule has 0 unspecified atom stereocenters. The molecule has 0 atom stereocenters. The maximum atomic E-state index is 3.35. The lowest BCUT2D eigenvalue weighted by molar-refractivity contribution is 0.934. The van der Waals surface area contributed by atoms with Gasteiger partial charge in [0, 0.05) is 22.3 Å². The summed E-state index contributed by atoms with van der Waals surface area (Å²) in [5, 5.41) is 0. The lowest BCUT2D eigenvalue weighted by Crippen LogP contribution is -1.90. The molecule has 170 valence electrons. The summed E-state index contributed by atoms with van der Waals surface area (Å²) in [5.41, 5.74) is 12.0. The van der Waals surface area contributed by atoms with Gasteiger partial charge in [0.2, 0.25) is 0 Å². The summed E-state index contributed by atoms with van der Waals surface area (Å²) in [7, 11) is 0. The SMILES string of the molecule is CC.CC1=CC=C(C#Cc2ccc(-c3ccc(C#Cc4ccc(C)cc4)cc3C)c(C)c2)CC1. The predicted molar refractivity (Wildman–Crippen MR) is 148 cm³/mol. The summed E-state index contributed by atoms with van der Waals surface area (Å²) in [6, 6.07) is 21.3. The van der Waals surface area contributed by atoms with Crippen LogP contribution < -0.4 is 0 Å². The molecular weight excluding hydrogens is 408 g/mol.